The molecule has 0 radical (unpaired) electrons. The SMILES string of the molecule is CC(C)(C)S(=O)(=O)Cc1ccc(NC(=O)C2CC23CCNCC3)cc1. The number of anilines is 1. The van der Waals surface area contributed by atoms with Gasteiger partial charge in [0, 0.05) is 11.6 Å². The minimum atomic E-state index is -3.20. The van der Waals surface area contributed by atoms with Gasteiger partial charge in [0.25, 0.3) is 0 Å². The summed E-state index contributed by atoms with van der Waals surface area (Å²) in [5.74, 6) is 0.233. The van der Waals surface area contributed by atoms with E-state index in [4.69, 9.17) is 0 Å². The summed E-state index contributed by atoms with van der Waals surface area (Å²) in [5, 5.41) is 6.33. The zero-order valence-corrected chi connectivity index (χ0v) is 16.1. The Labute approximate surface area is 150 Å². The van der Waals surface area contributed by atoms with Crippen molar-refractivity contribution < 1.29 is 13.2 Å². The highest BCUT2D eigenvalue weighted by Crippen LogP contribution is 2.58. The number of carbonyl (C=O) groups excluding carboxylic acids is 1. The van der Waals surface area contributed by atoms with Crippen molar-refractivity contribution in [3.63, 3.8) is 0 Å². The maximum atomic E-state index is 12.5. The highest BCUT2D eigenvalue weighted by atomic mass is 32.2. The lowest BCUT2D eigenvalue weighted by Gasteiger charge is -2.23. The molecule has 5 nitrogen and oxygen atoms in total. The first kappa shape index (κ1) is 18.4. The lowest BCUT2D eigenvalue weighted by molar-refractivity contribution is -0.118. The summed E-state index contributed by atoms with van der Waals surface area (Å²) in [6.07, 6.45) is 3.14. The normalized spacial score (nSPS) is 22.6. The van der Waals surface area contributed by atoms with Crippen molar-refractivity contribution in [2.75, 3.05) is 18.4 Å². The molecule has 1 saturated carbocycles. The fourth-order valence-corrected chi connectivity index (χ4v) is 4.61. The van der Waals surface area contributed by atoms with E-state index in [1.165, 1.54) is 0 Å². The first-order chi connectivity index (χ1) is 11.6. The van der Waals surface area contributed by atoms with Gasteiger partial charge in [-0.25, -0.2) is 8.42 Å². The van der Waals surface area contributed by atoms with Crippen LogP contribution >= 0.6 is 0 Å². The molecule has 0 bridgehead atoms. The molecule has 1 atom stereocenters. The molecule has 2 N–H and O–H groups in total. The maximum Gasteiger partial charge on any atom is 0.228 e. The monoisotopic (exact) mass is 364 g/mol. The Morgan fingerprint density at radius 3 is 2.36 bits per heavy atom. The van der Waals surface area contributed by atoms with Crippen molar-refractivity contribution in [2.45, 2.75) is 50.5 Å². The Kier molecular flexibility index (Phi) is 4.71. The predicted octanol–water partition coefficient (Wildman–Crippen LogP) is 2.73. The van der Waals surface area contributed by atoms with Crippen LogP contribution in [0.25, 0.3) is 0 Å². The number of benzene rings is 1. The number of hydrogen-bond donors (Lipinski definition) is 2. The maximum absolute atomic E-state index is 12.5. The van der Waals surface area contributed by atoms with E-state index >= 15 is 0 Å². The summed E-state index contributed by atoms with van der Waals surface area (Å²) in [5.41, 5.74) is 1.70. The van der Waals surface area contributed by atoms with Gasteiger partial charge < -0.3 is 10.6 Å². The lowest BCUT2D eigenvalue weighted by atomic mass is 9.92. The fourth-order valence-electron chi connectivity index (χ4n) is 3.55. The van der Waals surface area contributed by atoms with Crippen LogP contribution in [0.2, 0.25) is 0 Å². The van der Waals surface area contributed by atoms with E-state index in [0.29, 0.717) is 0 Å². The number of amides is 1. The number of piperidine rings is 1. The molecular weight excluding hydrogens is 336 g/mol. The van der Waals surface area contributed by atoms with Gasteiger partial charge in [-0.1, -0.05) is 12.1 Å². The van der Waals surface area contributed by atoms with Crippen molar-refractivity contribution in [1.82, 2.24) is 5.32 Å². The van der Waals surface area contributed by atoms with Gasteiger partial charge in [0.1, 0.15) is 0 Å². The second-order valence-electron chi connectivity index (χ2n) is 8.43. The smallest absolute Gasteiger partial charge is 0.228 e. The average molecular weight is 365 g/mol. The van der Waals surface area contributed by atoms with E-state index in [2.05, 4.69) is 10.6 Å². The standard InChI is InChI=1S/C19H28N2O3S/c1-18(2,3)25(23,24)13-14-4-6-15(7-5-14)21-17(22)16-12-19(16)8-10-20-11-9-19/h4-7,16,20H,8-13H2,1-3H3,(H,21,22). The summed E-state index contributed by atoms with van der Waals surface area (Å²) in [6.45, 7) is 7.14. The minimum absolute atomic E-state index is 0.0173. The molecule has 25 heavy (non-hydrogen) atoms. The summed E-state index contributed by atoms with van der Waals surface area (Å²) in [7, 11) is -3.20. The summed E-state index contributed by atoms with van der Waals surface area (Å²) in [6, 6.07) is 7.16. The van der Waals surface area contributed by atoms with Crippen molar-refractivity contribution >= 4 is 21.4 Å². The van der Waals surface area contributed by atoms with Crippen LogP contribution in [0.15, 0.2) is 24.3 Å². The molecule has 3 rings (SSSR count). The first-order valence-electron chi connectivity index (χ1n) is 8.96. The van der Waals surface area contributed by atoms with Gasteiger partial charge in [-0.15, -0.1) is 0 Å². The van der Waals surface area contributed by atoms with Gasteiger partial charge in [0.05, 0.1) is 10.5 Å². The zero-order chi connectivity index (χ0) is 18.3. The number of hydrogen-bond acceptors (Lipinski definition) is 4. The Balaban J connectivity index is 1.59. The summed E-state index contributed by atoms with van der Waals surface area (Å²) >= 11 is 0. The van der Waals surface area contributed by atoms with Crippen molar-refractivity contribution in [1.29, 1.82) is 0 Å². The lowest BCUT2D eigenvalue weighted by Crippen LogP contribution is -2.31. The second-order valence-corrected chi connectivity index (χ2v) is 11.2. The molecule has 1 unspecified atom stereocenters. The third-order valence-electron chi connectivity index (χ3n) is 5.62. The van der Waals surface area contributed by atoms with Crippen LogP contribution in [0.1, 0.15) is 45.6 Å². The van der Waals surface area contributed by atoms with Crippen LogP contribution in [0.5, 0.6) is 0 Å². The number of carbonyl (C=O) groups is 1. The number of sulfone groups is 1. The quantitative estimate of drug-likeness (QED) is 0.861. The van der Waals surface area contributed by atoms with Crippen LogP contribution in [0, 0.1) is 11.3 Å². The molecule has 0 aromatic heterocycles. The van der Waals surface area contributed by atoms with Gasteiger partial charge in [0.2, 0.25) is 5.91 Å². The topological polar surface area (TPSA) is 75.3 Å². The molecule has 1 aromatic rings. The molecule has 1 spiro atoms. The third kappa shape index (κ3) is 3.90. The van der Waals surface area contributed by atoms with Crippen molar-refractivity contribution in [3.05, 3.63) is 29.8 Å². The van der Waals surface area contributed by atoms with Gasteiger partial charge in [-0.3, -0.25) is 4.79 Å². The first-order valence-corrected chi connectivity index (χ1v) is 10.6. The van der Waals surface area contributed by atoms with E-state index in [1.807, 2.05) is 0 Å². The van der Waals surface area contributed by atoms with Crippen LogP contribution < -0.4 is 10.6 Å². The summed E-state index contributed by atoms with van der Waals surface area (Å²) in [4.78, 5) is 12.5. The number of rotatable bonds is 4. The highest BCUT2D eigenvalue weighted by Gasteiger charge is 2.57. The summed E-state index contributed by atoms with van der Waals surface area (Å²) < 4.78 is 23.8. The van der Waals surface area contributed by atoms with Crippen molar-refractivity contribution in [3.8, 4) is 0 Å². The average Bonchev–Trinajstić information content (AvgIpc) is 3.22. The molecule has 1 amide bonds. The Hall–Kier alpha value is -1.40. The molecule has 1 aliphatic heterocycles. The van der Waals surface area contributed by atoms with Gasteiger partial charge in [0.15, 0.2) is 9.84 Å². The Morgan fingerprint density at radius 2 is 1.80 bits per heavy atom. The van der Waals surface area contributed by atoms with E-state index < -0.39 is 14.6 Å². The largest absolute Gasteiger partial charge is 0.326 e. The van der Waals surface area contributed by atoms with Gasteiger partial charge in [-0.05, 0) is 76.2 Å². The van der Waals surface area contributed by atoms with E-state index in [0.717, 1.165) is 43.6 Å². The predicted molar refractivity (Wildman–Crippen MR) is 100 cm³/mol. The Morgan fingerprint density at radius 1 is 1.20 bits per heavy atom. The molecule has 1 aliphatic carbocycles. The Bertz CT molecular complexity index is 742. The molecule has 6 heteroatoms. The van der Waals surface area contributed by atoms with Crippen LogP contribution in [-0.4, -0.2) is 32.2 Å². The molecule has 2 aliphatic rings. The van der Waals surface area contributed by atoms with Crippen LogP contribution in [-0.2, 0) is 20.4 Å². The van der Waals surface area contributed by atoms with Gasteiger partial charge >= 0.3 is 0 Å². The van der Waals surface area contributed by atoms with Crippen molar-refractivity contribution in [2.24, 2.45) is 11.3 Å². The third-order valence-corrected chi connectivity index (χ3v) is 8.20. The van der Waals surface area contributed by atoms with Crippen LogP contribution in [0.3, 0.4) is 0 Å². The van der Waals surface area contributed by atoms with E-state index in [-0.39, 0.29) is 23.0 Å². The highest BCUT2D eigenvalue weighted by molar-refractivity contribution is 7.91. The minimum Gasteiger partial charge on any atom is -0.326 e. The molecular formula is C19H28N2O3S. The second kappa shape index (κ2) is 6.40. The van der Waals surface area contributed by atoms with E-state index in [1.54, 1.807) is 45.0 Å². The molecule has 2 fully saturated rings. The molecule has 1 saturated heterocycles. The van der Waals surface area contributed by atoms with Crippen LogP contribution in [0.4, 0.5) is 5.69 Å². The molecule has 1 aromatic carbocycles. The molecule has 1 heterocycles. The zero-order valence-electron chi connectivity index (χ0n) is 15.3. The van der Waals surface area contributed by atoms with Gasteiger partial charge in [-0.2, -0.15) is 0 Å². The fraction of sp³-hybridized carbons (Fsp3) is 0.632. The molecule has 138 valence electrons. The number of nitrogens with one attached hydrogen (secondary N) is 2. The van der Waals surface area contributed by atoms with E-state index in [9.17, 15) is 13.2 Å².